The quantitative estimate of drug-likeness (QED) is 0.316. The first-order valence-electron chi connectivity index (χ1n) is 14.1. The Morgan fingerprint density at radius 3 is 2.73 bits per heavy atom. The number of fused-ring (bicyclic) bond motifs is 1. The Labute approximate surface area is 239 Å². The Morgan fingerprint density at radius 2 is 2.02 bits per heavy atom. The van der Waals surface area contributed by atoms with E-state index in [9.17, 15) is 9.90 Å². The summed E-state index contributed by atoms with van der Waals surface area (Å²) in [4.78, 5) is 29.3. The predicted molar refractivity (Wildman–Crippen MR) is 153 cm³/mol. The van der Waals surface area contributed by atoms with Crippen molar-refractivity contribution in [1.82, 2.24) is 34.8 Å². The van der Waals surface area contributed by atoms with E-state index in [0.717, 1.165) is 54.9 Å². The molecule has 214 valence electrons. The van der Waals surface area contributed by atoms with Gasteiger partial charge >= 0.3 is 0 Å². The number of ketones is 1. The highest BCUT2D eigenvalue weighted by Gasteiger charge is 2.35. The number of carbonyl (C=O) groups is 1. The summed E-state index contributed by atoms with van der Waals surface area (Å²) in [5, 5.41) is 21.4. The first-order chi connectivity index (χ1) is 19.6. The van der Waals surface area contributed by atoms with Gasteiger partial charge in [-0.05, 0) is 55.0 Å². The summed E-state index contributed by atoms with van der Waals surface area (Å²) in [6.07, 6.45) is 7.80. The first-order valence-corrected chi connectivity index (χ1v) is 14.1. The number of aliphatic hydroxyl groups is 1. The molecule has 0 spiro atoms. The van der Waals surface area contributed by atoms with Crippen LogP contribution in [0.15, 0.2) is 47.4 Å². The van der Waals surface area contributed by atoms with Gasteiger partial charge in [0.1, 0.15) is 0 Å². The fourth-order valence-corrected chi connectivity index (χ4v) is 5.60. The lowest BCUT2D eigenvalue weighted by Crippen LogP contribution is -2.46. The molecule has 0 saturated heterocycles. The molecule has 11 heteroatoms. The van der Waals surface area contributed by atoms with Gasteiger partial charge in [0, 0.05) is 49.4 Å². The number of aliphatic hydroxyl groups excluding tert-OH is 1. The van der Waals surface area contributed by atoms with Gasteiger partial charge in [-0.15, -0.1) is 0 Å². The topological polar surface area (TPSA) is 135 Å². The molecule has 1 fully saturated rings. The molecule has 1 atom stereocenters. The molecule has 41 heavy (non-hydrogen) atoms. The molecule has 4 aromatic rings. The fraction of sp³-hybridized carbons (Fsp3) is 0.467. The molecular weight excluding hydrogens is 520 g/mol. The van der Waals surface area contributed by atoms with Gasteiger partial charge in [0.15, 0.2) is 5.82 Å². The van der Waals surface area contributed by atoms with Gasteiger partial charge in [-0.2, -0.15) is 10.1 Å². The number of nitrogens with one attached hydrogen (secondary N) is 1. The van der Waals surface area contributed by atoms with E-state index >= 15 is 0 Å². The van der Waals surface area contributed by atoms with Crippen LogP contribution in [0.2, 0.25) is 0 Å². The summed E-state index contributed by atoms with van der Waals surface area (Å²) < 4.78 is 7.09. The maximum Gasteiger partial charge on any atom is 0.294 e. The number of carbonyl (C=O) groups excluding carboxylic acids is 1. The molecule has 0 bridgehead atoms. The number of Topliss-reactive ketones (excluding diaryl/α,β-unsaturated/α-hetero) is 1. The van der Waals surface area contributed by atoms with Crippen molar-refractivity contribution < 1.29 is 14.4 Å². The summed E-state index contributed by atoms with van der Waals surface area (Å²) in [6, 6.07) is 8.62. The van der Waals surface area contributed by atoms with Crippen molar-refractivity contribution in [1.29, 1.82) is 0 Å². The lowest BCUT2D eigenvalue weighted by Gasteiger charge is -2.40. The third kappa shape index (κ3) is 5.91. The Bertz CT molecular complexity index is 1550. The van der Waals surface area contributed by atoms with Gasteiger partial charge in [-0.3, -0.25) is 14.4 Å². The van der Waals surface area contributed by atoms with Gasteiger partial charge in [0.05, 0.1) is 23.7 Å². The van der Waals surface area contributed by atoms with E-state index in [-0.39, 0.29) is 29.1 Å². The van der Waals surface area contributed by atoms with Crippen molar-refractivity contribution in [2.45, 2.75) is 76.5 Å². The molecule has 1 aromatic carbocycles. The van der Waals surface area contributed by atoms with Crippen LogP contribution in [0.1, 0.15) is 80.0 Å². The summed E-state index contributed by atoms with van der Waals surface area (Å²) in [5.41, 5.74) is 4.62. The van der Waals surface area contributed by atoms with E-state index in [1.807, 2.05) is 40.1 Å². The number of benzene rings is 1. The molecule has 2 aliphatic rings. The molecular formula is C30H36N8O3. The Kier molecular flexibility index (Phi) is 7.16. The monoisotopic (exact) mass is 556 g/mol. The van der Waals surface area contributed by atoms with Gasteiger partial charge in [-0.1, -0.05) is 38.1 Å². The zero-order chi connectivity index (χ0) is 28.7. The highest BCUT2D eigenvalue weighted by atomic mass is 16.5. The molecule has 1 aliphatic carbocycles. The number of aryl methyl sites for hydroxylation is 1. The van der Waals surface area contributed by atoms with Crippen LogP contribution in [0.25, 0.3) is 11.3 Å². The molecule has 1 unspecified atom stereocenters. The number of hydrogen-bond acceptors (Lipinski definition) is 10. The van der Waals surface area contributed by atoms with Gasteiger partial charge in [0.25, 0.3) is 5.89 Å². The first kappa shape index (κ1) is 27.2. The molecule has 1 saturated carbocycles. The van der Waals surface area contributed by atoms with Crippen molar-refractivity contribution in [2.24, 2.45) is 7.05 Å². The predicted octanol–water partition coefficient (Wildman–Crippen LogP) is 4.39. The van der Waals surface area contributed by atoms with Crippen LogP contribution in [-0.4, -0.2) is 64.4 Å². The zero-order valence-corrected chi connectivity index (χ0v) is 23.9. The normalized spacial score (nSPS) is 21.1. The van der Waals surface area contributed by atoms with Crippen LogP contribution in [0.3, 0.4) is 0 Å². The van der Waals surface area contributed by atoms with Crippen molar-refractivity contribution in [3.8, 4) is 11.3 Å². The maximum atomic E-state index is 13.3. The van der Waals surface area contributed by atoms with Crippen LogP contribution in [0, 0.1) is 0 Å². The SMILES string of the molecule is Cn1cc(Nc2nccc(-c3ccc4c(c3)CN(C3CC(O)C3)CCC4CC(=O)c3nc(C(C)(C)C)no3)n2)cn1. The molecule has 1 aliphatic heterocycles. The van der Waals surface area contributed by atoms with Gasteiger partial charge < -0.3 is 14.9 Å². The van der Waals surface area contributed by atoms with E-state index in [4.69, 9.17) is 9.51 Å². The Hall–Kier alpha value is -3.96. The number of hydrogen-bond donors (Lipinski definition) is 2. The molecule has 6 rings (SSSR count). The standard InChI is InChI=1S/C30H36N8O3/c1-30(2,3)28-35-27(41-36-28)26(40)12-18-8-10-38(22-13-23(39)14-22)16-20-11-19(5-6-24(18)20)25-7-9-31-29(34-25)33-21-15-32-37(4)17-21/h5-7,9,11,15,17-18,22-23,39H,8,10,12-14,16H2,1-4H3,(H,31,33,34). The molecule has 2 N–H and O–H groups in total. The minimum Gasteiger partial charge on any atom is -0.393 e. The lowest BCUT2D eigenvalue weighted by molar-refractivity contribution is -0.00185. The van der Waals surface area contributed by atoms with Gasteiger partial charge in [0.2, 0.25) is 11.7 Å². The second kappa shape index (κ2) is 10.8. The minimum atomic E-state index is -0.296. The van der Waals surface area contributed by atoms with Crippen molar-refractivity contribution in [3.05, 3.63) is 65.7 Å². The average molecular weight is 557 g/mol. The van der Waals surface area contributed by atoms with E-state index in [1.165, 1.54) is 5.56 Å². The zero-order valence-electron chi connectivity index (χ0n) is 23.9. The second-order valence-electron chi connectivity index (χ2n) is 12.2. The molecule has 11 nitrogen and oxygen atoms in total. The fourth-order valence-electron chi connectivity index (χ4n) is 5.60. The summed E-state index contributed by atoms with van der Waals surface area (Å²) in [6.45, 7) is 7.58. The number of aromatic nitrogens is 6. The Morgan fingerprint density at radius 1 is 1.20 bits per heavy atom. The molecule has 0 amide bonds. The maximum absolute atomic E-state index is 13.3. The van der Waals surface area contributed by atoms with Crippen LogP contribution in [-0.2, 0) is 19.0 Å². The number of rotatable bonds is 7. The average Bonchev–Trinajstić information content (AvgIpc) is 3.54. The highest BCUT2D eigenvalue weighted by molar-refractivity contribution is 5.92. The lowest BCUT2D eigenvalue weighted by atomic mass is 9.87. The third-order valence-electron chi connectivity index (χ3n) is 8.01. The smallest absolute Gasteiger partial charge is 0.294 e. The van der Waals surface area contributed by atoms with Crippen LogP contribution in [0.5, 0.6) is 0 Å². The molecule has 3 aromatic heterocycles. The van der Waals surface area contributed by atoms with E-state index < -0.39 is 0 Å². The van der Waals surface area contributed by atoms with E-state index in [2.05, 4.69) is 48.6 Å². The van der Waals surface area contributed by atoms with E-state index in [1.54, 1.807) is 17.1 Å². The molecule has 4 heterocycles. The summed E-state index contributed by atoms with van der Waals surface area (Å²) in [7, 11) is 1.86. The minimum absolute atomic E-state index is 0.0137. The van der Waals surface area contributed by atoms with Gasteiger partial charge in [-0.25, -0.2) is 9.97 Å². The summed E-state index contributed by atoms with van der Waals surface area (Å²) >= 11 is 0. The molecule has 0 radical (unpaired) electrons. The van der Waals surface area contributed by atoms with Crippen LogP contribution < -0.4 is 5.32 Å². The van der Waals surface area contributed by atoms with Crippen LogP contribution in [0.4, 0.5) is 11.6 Å². The Balaban J connectivity index is 1.28. The number of nitrogens with zero attached hydrogens (tertiary/aromatic N) is 7. The van der Waals surface area contributed by atoms with Crippen molar-refractivity contribution in [3.63, 3.8) is 0 Å². The summed E-state index contributed by atoms with van der Waals surface area (Å²) in [5.74, 6) is 0.977. The third-order valence-corrected chi connectivity index (χ3v) is 8.01. The van der Waals surface area contributed by atoms with Crippen molar-refractivity contribution >= 4 is 17.4 Å². The van der Waals surface area contributed by atoms with Crippen LogP contribution >= 0.6 is 0 Å². The van der Waals surface area contributed by atoms with Crippen molar-refractivity contribution in [2.75, 3.05) is 11.9 Å². The largest absolute Gasteiger partial charge is 0.393 e. The number of anilines is 2. The second-order valence-corrected chi connectivity index (χ2v) is 12.2. The highest BCUT2D eigenvalue weighted by Crippen LogP contribution is 2.37. The van der Waals surface area contributed by atoms with E-state index in [0.29, 0.717) is 24.2 Å².